The Morgan fingerprint density at radius 2 is 2.10 bits per heavy atom. The van der Waals surface area contributed by atoms with Crippen molar-refractivity contribution in [3.63, 3.8) is 0 Å². The molecule has 0 unspecified atom stereocenters. The van der Waals surface area contributed by atoms with Crippen molar-refractivity contribution in [2.45, 2.75) is 25.3 Å². The molecule has 4 aromatic rings. The van der Waals surface area contributed by atoms with Gasteiger partial charge in [-0.25, -0.2) is 9.97 Å². The Balaban J connectivity index is 1.17. The summed E-state index contributed by atoms with van der Waals surface area (Å²) in [4.78, 5) is 14.7. The molecule has 0 aliphatic carbocycles. The van der Waals surface area contributed by atoms with Crippen LogP contribution in [0, 0.1) is 11.3 Å². The van der Waals surface area contributed by atoms with Gasteiger partial charge in [0.1, 0.15) is 11.8 Å². The Kier molecular flexibility index (Phi) is 5.18. The van der Waals surface area contributed by atoms with Crippen LogP contribution in [-0.4, -0.2) is 32.9 Å². The van der Waals surface area contributed by atoms with E-state index in [0.29, 0.717) is 11.6 Å². The molecule has 0 saturated carbocycles. The van der Waals surface area contributed by atoms with Crippen LogP contribution in [0.4, 0.5) is 10.8 Å². The standard InChI is InChI=1S/C23H22N6S/c24-12-19-2-3-20(13-26-19)27-23-28-22(15-30-23)17-6-9-29(10-7-17)14-16-1-4-21-18(11-16)5-8-25-21/h1-5,8,11,13,15,17,25H,6-7,9-10,14H2,(H,27,28). The van der Waals surface area contributed by atoms with Gasteiger partial charge in [0, 0.05) is 29.6 Å². The van der Waals surface area contributed by atoms with Crippen molar-refractivity contribution in [3.8, 4) is 6.07 Å². The van der Waals surface area contributed by atoms with Crippen molar-refractivity contribution in [2.24, 2.45) is 0 Å². The topological polar surface area (TPSA) is 80.6 Å². The quantitative estimate of drug-likeness (QED) is 0.480. The van der Waals surface area contributed by atoms with Crippen molar-refractivity contribution in [1.29, 1.82) is 5.26 Å². The monoisotopic (exact) mass is 414 g/mol. The maximum Gasteiger partial charge on any atom is 0.187 e. The normalized spacial score (nSPS) is 15.3. The van der Waals surface area contributed by atoms with Gasteiger partial charge in [-0.15, -0.1) is 11.3 Å². The highest BCUT2D eigenvalue weighted by Gasteiger charge is 2.22. The van der Waals surface area contributed by atoms with Crippen LogP contribution in [0.1, 0.15) is 35.7 Å². The Labute approximate surface area is 179 Å². The van der Waals surface area contributed by atoms with E-state index in [2.05, 4.69) is 49.8 Å². The van der Waals surface area contributed by atoms with Gasteiger partial charge in [0.25, 0.3) is 0 Å². The lowest BCUT2D eigenvalue weighted by molar-refractivity contribution is 0.203. The van der Waals surface area contributed by atoms with Gasteiger partial charge in [0.05, 0.1) is 17.6 Å². The molecule has 1 saturated heterocycles. The van der Waals surface area contributed by atoms with Crippen LogP contribution in [0.3, 0.4) is 0 Å². The summed E-state index contributed by atoms with van der Waals surface area (Å²) < 4.78 is 0. The lowest BCUT2D eigenvalue weighted by Crippen LogP contribution is -2.32. The van der Waals surface area contributed by atoms with E-state index in [-0.39, 0.29) is 0 Å². The van der Waals surface area contributed by atoms with E-state index in [9.17, 15) is 0 Å². The largest absolute Gasteiger partial charge is 0.361 e. The zero-order chi connectivity index (χ0) is 20.3. The predicted molar refractivity (Wildman–Crippen MR) is 120 cm³/mol. The van der Waals surface area contributed by atoms with E-state index in [4.69, 9.17) is 10.2 Å². The van der Waals surface area contributed by atoms with Gasteiger partial charge in [0.2, 0.25) is 0 Å². The number of nitriles is 1. The summed E-state index contributed by atoms with van der Waals surface area (Å²) in [7, 11) is 0. The third kappa shape index (κ3) is 4.06. The number of hydrogen-bond acceptors (Lipinski definition) is 6. The van der Waals surface area contributed by atoms with Crippen LogP contribution < -0.4 is 5.32 Å². The van der Waals surface area contributed by atoms with E-state index in [0.717, 1.165) is 43.3 Å². The van der Waals surface area contributed by atoms with E-state index in [1.54, 1.807) is 23.6 Å². The highest BCUT2D eigenvalue weighted by molar-refractivity contribution is 7.13. The molecule has 7 heteroatoms. The number of piperidine rings is 1. The third-order valence-corrected chi connectivity index (χ3v) is 6.46. The van der Waals surface area contributed by atoms with E-state index in [1.807, 2.05) is 18.3 Å². The molecule has 2 N–H and O–H groups in total. The van der Waals surface area contributed by atoms with Gasteiger partial charge in [-0.1, -0.05) is 6.07 Å². The number of anilines is 2. The second-order valence-electron chi connectivity index (χ2n) is 7.70. The van der Waals surface area contributed by atoms with Gasteiger partial charge in [0.15, 0.2) is 5.13 Å². The highest BCUT2D eigenvalue weighted by Crippen LogP contribution is 2.32. The molecule has 6 nitrogen and oxygen atoms in total. The van der Waals surface area contributed by atoms with Gasteiger partial charge in [-0.3, -0.25) is 4.90 Å². The van der Waals surface area contributed by atoms with Crippen LogP contribution in [0.15, 0.2) is 54.2 Å². The molecule has 150 valence electrons. The summed E-state index contributed by atoms with van der Waals surface area (Å²) in [5.74, 6) is 0.513. The number of fused-ring (bicyclic) bond motifs is 1. The van der Waals surface area contributed by atoms with Gasteiger partial charge in [-0.2, -0.15) is 5.26 Å². The van der Waals surface area contributed by atoms with Crippen molar-refractivity contribution >= 4 is 33.1 Å². The minimum atomic E-state index is 0.417. The highest BCUT2D eigenvalue weighted by atomic mass is 32.1. The summed E-state index contributed by atoms with van der Waals surface area (Å²) in [5, 5.41) is 16.5. The van der Waals surface area contributed by atoms with Crippen LogP contribution in [-0.2, 0) is 6.54 Å². The summed E-state index contributed by atoms with van der Waals surface area (Å²) in [6, 6.07) is 14.4. The molecule has 3 aromatic heterocycles. The second kappa shape index (κ2) is 8.27. The Hall–Kier alpha value is -3.21. The van der Waals surface area contributed by atoms with Crippen molar-refractivity contribution in [3.05, 3.63) is 71.1 Å². The fourth-order valence-corrected chi connectivity index (χ4v) is 4.85. The maximum atomic E-state index is 8.85. The molecule has 4 heterocycles. The summed E-state index contributed by atoms with van der Waals surface area (Å²) in [6.45, 7) is 3.19. The molecular formula is C23H22N6S. The molecule has 1 aliphatic rings. The first-order valence-electron chi connectivity index (χ1n) is 10.1. The Morgan fingerprint density at radius 1 is 1.20 bits per heavy atom. The number of aromatic nitrogens is 3. The fraction of sp³-hybridized carbons (Fsp3) is 0.261. The number of pyridine rings is 1. The molecule has 1 fully saturated rings. The minimum Gasteiger partial charge on any atom is -0.361 e. The Morgan fingerprint density at radius 3 is 2.90 bits per heavy atom. The smallest absolute Gasteiger partial charge is 0.187 e. The number of benzene rings is 1. The molecule has 5 rings (SSSR count). The van der Waals surface area contributed by atoms with Gasteiger partial charge < -0.3 is 10.3 Å². The average molecular weight is 415 g/mol. The maximum absolute atomic E-state index is 8.85. The summed E-state index contributed by atoms with van der Waals surface area (Å²) >= 11 is 1.62. The molecule has 0 radical (unpaired) electrons. The van der Waals surface area contributed by atoms with Crippen molar-refractivity contribution in [1.82, 2.24) is 19.9 Å². The molecular weight excluding hydrogens is 392 g/mol. The number of hydrogen-bond donors (Lipinski definition) is 2. The number of thiazole rings is 1. The lowest BCUT2D eigenvalue weighted by atomic mass is 9.94. The summed E-state index contributed by atoms with van der Waals surface area (Å²) in [6.07, 6.45) is 5.93. The third-order valence-electron chi connectivity index (χ3n) is 5.68. The second-order valence-corrected chi connectivity index (χ2v) is 8.55. The number of rotatable bonds is 5. The SMILES string of the molecule is N#Cc1ccc(Nc2nc(C3CCN(Cc4ccc5[nH]ccc5c4)CC3)cs2)cn1. The Bertz CT molecular complexity index is 1180. The van der Waals surface area contributed by atoms with Gasteiger partial charge in [-0.05, 0) is 67.2 Å². The number of likely N-dealkylation sites (tertiary alicyclic amines) is 1. The predicted octanol–water partition coefficient (Wildman–Crippen LogP) is 5.01. The van der Waals surface area contributed by atoms with Crippen LogP contribution in [0.5, 0.6) is 0 Å². The zero-order valence-corrected chi connectivity index (χ0v) is 17.3. The molecule has 1 aliphatic heterocycles. The van der Waals surface area contributed by atoms with Gasteiger partial charge >= 0.3 is 0 Å². The van der Waals surface area contributed by atoms with E-state index < -0.39 is 0 Å². The molecule has 0 spiro atoms. The fourth-order valence-electron chi connectivity index (χ4n) is 4.03. The molecule has 0 atom stereocenters. The molecule has 1 aromatic carbocycles. The van der Waals surface area contributed by atoms with Crippen molar-refractivity contribution in [2.75, 3.05) is 18.4 Å². The van der Waals surface area contributed by atoms with E-state index in [1.165, 1.54) is 22.2 Å². The number of H-pyrrole nitrogens is 1. The lowest BCUT2D eigenvalue weighted by Gasteiger charge is -2.31. The first-order valence-corrected chi connectivity index (χ1v) is 11.0. The van der Waals surface area contributed by atoms with Crippen molar-refractivity contribution < 1.29 is 0 Å². The summed E-state index contributed by atoms with van der Waals surface area (Å²) in [5.41, 5.74) is 5.01. The van der Waals surface area contributed by atoms with E-state index >= 15 is 0 Å². The number of nitrogens with one attached hydrogen (secondary N) is 2. The minimum absolute atomic E-state index is 0.417. The zero-order valence-electron chi connectivity index (χ0n) is 16.5. The first-order chi connectivity index (χ1) is 14.8. The average Bonchev–Trinajstić information content (AvgIpc) is 3.44. The molecule has 0 amide bonds. The first kappa shape index (κ1) is 18.8. The van der Waals surface area contributed by atoms with Crippen LogP contribution in [0.25, 0.3) is 10.9 Å². The van der Waals surface area contributed by atoms with Crippen LogP contribution >= 0.6 is 11.3 Å². The molecule has 30 heavy (non-hydrogen) atoms. The molecule has 0 bridgehead atoms. The number of aromatic amines is 1. The van der Waals surface area contributed by atoms with Crippen LogP contribution in [0.2, 0.25) is 0 Å². The number of nitrogens with zero attached hydrogens (tertiary/aromatic N) is 4.